The maximum atomic E-state index is 12.1. The molecular weight excluding hydrogens is 256 g/mol. The second kappa shape index (κ2) is 6.99. The van der Waals surface area contributed by atoms with E-state index in [9.17, 15) is 4.21 Å². The maximum absolute atomic E-state index is 12.1. The maximum Gasteiger partial charge on any atom is 0.0595 e. The number of anilines is 1. The second-order valence-electron chi connectivity index (χ2n) is 3.77. The Morgan fingerprint density at radius 1 is 1.35 bits per heavy atom. The minimum Gasteiger partial charge on any atom is -0.399 e. The summed E-state index contributed by atoms with van der Waals surface area (Å²) >= 11 is 6.01. The van der Waals surface area contributed by atoms with Crippen LogP contribution in [-0.2, 0) is 10.8 Å². The lowest BCUT2D eigenvalue weighted by Gasteiger charge is -2.17. The van der Waals surface area contributed by atoms with Gasteiger partial charge in [-0.3, -0.25) is 4.21 Å². The van der Waals surface area contributed by atoms with Crippen LogP contribution in [-0.4, -0.2) is 34.5 Å². The van der Waals surface area contributed by atoms with E-state index in [-0.39, 0.29) is 0 Å². The summed E-state index contributed by atoms with van der Waals surface area (Å²) < 4.78 is 12.1. The average molecular weight is 275 g/mol. The van der Waals surface area contributed by atoms with Crippen molar-refractivity contribution < 1.29 is 4.21 Å². The number of hydrogen-bond acceptors (Lipinski definition) is 3. The van der Waals surface area contributed by atoms with Gasteiger partial charge < -0.3 is 10.6 Å². The molecule has 0 bridgehead atoms. The van der Waals surface area contributed by atoms with Crippen molar-refractivity contribution in [3.05, 3.63) is 23.2 Å². The zero-order valence-corrected chi connectivity index (χ0v) is 11.9. The van der Waals surface area contributed by atoms with Crippen LogP contribution in [0.25, 0.3) is 0 Å². The van der Waals surface area contributed by atoms with Crippen molar-refractivity contribution in [3.63, 3.8) is 0 Å². The molecule has 1 rings (SSSR count). The molecule has 0 saturated carbocycles. The van der Waals surface area contributed by atoms with Crippen molar-refractivity contribution in [2.24, 2.45) is 0 Å². The van der Waals surface area contributed by atoms with Crippen molar-refractivity contribution in [1.82, 2.24) is 4.90 Å². The highest BCUT2D eigenvalue weighted by Crippen LogP contribution is 2.22. The van der Waals surface area contributed by atoms with Gasteiger partial charge in [-0.05, 0) is 31.3 Å². The molecule has 0 amide bonds. The first kappa shape index (κ1) is 14.5. The molecule has 2 N–H and O–H groups in total. The molecule has 96 valence electrons. The molecule has 1 aromatic carbocycles. The molecular formula is C12H19ClN2OS. The van der Waals surface area contributed by atoms with Crippen LogP contribution in [0.5, 0.6) is 0 Å². The molecule has 1 aromatic rings. The third-order valence-electron chi connectivity index (χ3n) is 2.69. The zero-order valence-electron chi connectivity index (χ0n) is 10.3. The predicted octanol–water partition coefficient (Wildman–Crippen LogP) is 2.37. The van der Waals surface area contributed by atoms with E-state index in [0.29, 0.717) is 21.4 Å². The molecule has 0 aliphatic heterocycles. The van der Waals surface area contributed by atoms with Crippen molar-refractivity contribution in [1.29, 1.82) is 0 Å². The minimum atomic E-state index is -1.08. The number of halogens is 1. The van der Waals surface area contributed by atoms with Gasteiger partial charge in [0.05, 0.1) is 20.7 Å². The van der Waals surface area contributed by atoms with Gasteiger partial charge in [-0.25, -0.2) is 0 Å². The molecule has 1 atom stereocenters. The Labute approximate surface area is 110 Å². The normalized spacial score (nSPS) is 12.9. The van der Waals surface area contributed by atoms with E-state index in [1.165, 1.54) is 0 Å². The fourth-order valence-corrected chi connectivity index (χ4v) is 3.13. The summed E-state index contributed by atoms with van der Waals surface area (Å²) in [6.45, 7) is 6.95. The Morgan fingerprint density at radius 2 is 2.00 bits per heavy atom. The summed E-state index contributed by atoms with van der Waals surface area (Å²) in [5, 5.41) is 0.525. The van der Waals surface area contributed by atoms with Crippen LogP contribution in [0.4, 0.5) is 5.69 Å². The van der Waals surface area contributed by atoms with Gasteiger partial charge in [-0.2, -0.15) is 0 Å². The summed E-state index contributed by atoms with van der Waals surface area (Å²) in [6, 6.07) is 5.11. The Hall–Kier alpha value is -0.580. The van der Waals surface area contributed by atoms with Crippen molar-refractivity contribution >= 4 is 28.1 Å². The fourth-order valence-electron chi connectivity index (χ4n) is 1.56. The summed E-state index contributed by atoms with van der Waals surface area (Å²) in [5.74, 6) is 0.588. The van der Waals surface area contributed by atoms with Gasteiger partial charge in [-0.15, -0.1) is 0 Å². The first-order valence-corrected chi connectivity index (χ1v) is 7.43. The van der Waals surface area contributed by atoms with Crippen LogP contribution < -0.4 is 5.73 Å². The van der Waals surface area contributed by atoms with E-state index in [0.717, 1.165) is 19.6 Å². The topological polar surface area (TPSA) is 46.3 Å². The van der Waals surface area contributed by atoms with E-state index < -0.39 is 10.8 Å². The lowest BCUT2D eigenvalue weighted by molar-refractivity contribution is 0.323. The predicted molar refractivity (Wildman–Crippen MR) is 74.9 cm³/mol. The van der Waals surface area contributed by atoms with Crippen LogP contribution in [0.1, 0.15) is 13.8 Å². The number of hydrogen-bond donors (Lipinski definition) is 1. The molecule has 17 heavy (non-hydrogen) atoms. The number of nitrogen functional groups attached to an aromatic ring is 1. The number of rotatable bonds is 6. The summed E-state index contributed by atoms with van der Waals surface area (Å²) in [4.78, 5) is 2.87. The van der Waals surface area contributed by atoms with Gasteiger partial charge in [0.1, 0.15) is 0 Å². The molecule has 1 unspecified atom stereocenters. The molecule has 3 nitrogen and oxygen atoms in total. The van der Waals surface area contributed by atoms with Gasteiger partial charge in [0.2, 0.25) is 0 Å². The standard InChI is InChI=1S/C12H19ClN2OS/c1-3-15(4-2)7-8-17(16)12-9-10(14)5-6-11(12)13/h5-6,9H,3-4,7-8,14H2,1-2H3. The molecule has 0 aromatic heterocycles. The minimum absolute atomic E-state index is 0.525. The van der Waals surface area contributed by atoms with E-state index in [1.54, 1.807) is 18.2 Å². The van der Waals surface area contributed by atoms with E-state index >= 15 is 0 Å². The van der Waals surface area contributed by atoms with E-state index in [4.69, 9.17) is 17.3 Å². The Balaban J connectivity index is 2.66. The van der Waals surface area contributed by atoms with Gasteiger partial charge in [0.15, 0.2) is 0 Å². The molecule has 0 aliphatic carbocycles. The Bertz CT molecular complexity index is 394. The molecule has 0 fully saturated rings. The monoisotopic (exact) mass is 274 g/mol. The summed E-state index contributed by atoms with van der Waals surface area (Å²) in [6.07, 6.45) is 0. The lowest BCUT2D eigenvalue weighted by atomic mass is 10.3. The summed E-state index contributed by atoms with van der Waals surface area (Å²) in [7, 11) is -1.08. The lowest BCUT2D eigenvalue weighted by Crippen LogP contribution is -2.27. The van der Waals surface area contributed by atoms with E-state index in [1.807, 2.05) is 0 Å². The quantitative estimate of drug-likeness (QED) is 0.810. The molecule has 0 heterocycles. The average Bonchev–Trinajstić information content (AvgIpc) is 2.33. The van der Waals surface area contributed by atoms with Gasteiger partial charge in [-0.1, -0.05) is 25.4 Å². The highest BCUT2D eigenvalue weighted by atomic mass is 35.5. The SMILES string of the molecule is CCN(CC)CCS(=O)c1cc(N)ccc1Cl. The van der Waals surface area contributed by atoms with Crippen molar-refractivity contribution in [2.75, 3.05) is 31.1 Å². The van der Waals surface area contributed by atoms with Crippen LogP contribution in [0, 0.1) is 0 Å². The molecule has 0 aliphatic rings. The molecule has 0 radical (unpaired) electrons. The van der Waals surface area contributed by atoms with Crippen LogP contribution in [0.3, 0.4) is 0 Å². The smallest absolute Gasteiger partial charge is 0.0595 e. The Morgan fingerprint density at radius 3 is 2.59 bits per heavy atom. The number of nitrogens with zero attached hydrogens (tertiary/aromatic N) is 1. The first-order chi connectivity index (χ1) is 8.08. The van der Waals surface area contributed by atoms with Gasteiger partial charge in [0.25, 0.3) is 0 Å². The third kappa shape index (κ3) is 4.30. The number of benzene rings is 1. The Kier molecular flexibility index (Phi) is 5.95. The first-order valence-electron chi connectivity index (χ1n) is 5.74. The zero-order chi connectivity index (χ0) is 12.8. The molecule has 5 heteroatoms. The second-order valence-corrected chi connectivity index (χ2v) is 5.71. The largest absolute Gasteiger partial charge is 0.399 e. The summed E-state index contributed by atoms with van der Waals surface area (Å²) in [5.41, 5.74) is 6.27. The highest BCUT2D eigenvalue weighted by Gasteiger charge is 2.10. The third-order valence-corrected chi connectivity index (χ3v) is 4.51. The fraction of sp³-hybridized carbons (Fsp3) is 0.500. The molecule has 0 saturated heterocycles. The van der Waals surface area contributed by atoms with Gasteiger partial charge >= 0.3 is 0 Å². The van der Waals surface area contributed by atoms with Crippen molar-refractivity contribution in [2.45, 2.75) is 18.7 Å². The number of nitrogens with two attached hydrogens (primary N) is 1. The van der Waals surface area contributed by atoms with E-state index in [2.05, 4.69) is 18.7 Å². The van der Waals surface area contributed by atoms with Crippen molar-refractivity contribution in [3.8, 4) is 0 Å². The van der Waals surface area contributed by atoms with Crippen LogP contribution in [0.15, 0.2) is 23.1 Å². The van der Waals surface area contributed by atoms with Crippen LogP contribution in [0.2, 0.25) is 5.02 Å². The van der Waals surface area contributed by atoms with Gasteiger partial charge in [0, 0.05) is 18.0 Å². The molecule has 0 spiro atoms. The highest BCUT2D eigenvalue weighted by molar-refractivity contribution is 7.85. The van der Waals surface area contributed by atoms with Crippen LogP contribution >= 0.6 is 11.6 Å².